The molecule has 1 aliphatic rings. The van der Waals surface area contributed by atoms with E-state index >= 15 is 0 Å². The number of benzene rings is 2. The number of ether oxygens (including phenoxy) is 1. The van der Waals surface area contributed by atoms with Gasteiger partial charge in [-0.05, 0) is 35.2 Å². The van der Waals surface area contributed by atoms with Crippen LogP contribution in [0.4, 0.5) is 0 Å². The highest BCUT2D eigenvalue weighted by atomic mass is 32.2. The second-order valence-electron chi connectivity index (χ2n) is 7.72. The van der Waals surface area contributed by atoms with Crippen molar-refractivity contribution in [1.29, 1.82) is 0 Å². The predicted octanol–water partition coefficient (Wildman–Crippen LogP) is 1.15. The van der Waals surface area contributed by atoms with Crippen molar-refractivity contribution in [3.8, 4) is 5.75 Å². The lowest BCUT2D eigenvalue weighted by atomic mass is 10.00. The molecule has 2 aromatic rings. The number of carbonyl (C=O) groups is 1. The van der Waals surface area contributed by atoms with E-state index in [0.29, 0.717) is 17.9 Å². The van der Waals surface area contributed by atoms with E-state index < -0.39 is 15.9 Å². The van der Waals surface area contributed by atoms with Crippen molar-refractivity contribution in [3.63, 3.8) is 0 Å². The van der Waals surface area contributed by atoms with Crippen molar-refractivity contribution in [3.05, 3.63) is 65.2 Å². The highest BCUT2D eigenvalue weighted by Crippen LogP contribution is 2.18. The van der Waals surface area contributed by atoms with Gasteiger partial charge in [-0.3, -0.25) is 9.69 Å². The van der Waals surface area contributed by atoms with Crippen LogP contribution in [0.2, 0.25) is 0 Å². The van der Waals surface area contributed by atoms with Crippen LogP contribution in [0, 0.1) is 0 Å². The first kappa shape index (κ1) is 22.3. The Morgan fingerprint density at radius 3 is 2.73 bits per heavy atom. The summed E-state index contributed by atoms with van der Waals surface area (Å²) in [5.74, 6) is 0.00852. The lowest BCUT2D eigenvalue weighted by Crippen LogP contribution is -2.42. The molecule has 0 aliphatic carbocycles. The summed E-state index contributed by atoms with van der Waals surface area (Å²) in [6.07, 6.45) is 1.46. The predicted molar refractivity (Wildman–Crippen MR) is 115 cm³/mol. The molecule has 0 spiro atoms. The summed E-state index contributed by atoms with van der Waals surface area (Å²) < 4.78 is 28.2. The molecule has 1 aliphatic heterocycles. The highest BCUT2D eigenvalue weighted by Gasteiger charge is 2.18. The van der Waals surface area contributed by atoms with Gasteiger partial charge >= 0.3 is 0 Å². The zero-order chi connectivity index (χ0) is 21.6. The Kier molecular flexibility index (Phi) is 7.47. The van der Waals surface area contributed by atoms with Crippen molar-refractivity contribution in [2.75, 3.05) is 32.5 Å². The molecule has 0 radical (unpaired) electrons. The number of nitrogens with zero attached hydrogens (tertiary/aromatic N) is 1. The minimum atomic E-state index is -3.14. The Morgan fingerprint density at radius 2 is 1.97 bits per heavy atom. The maximum absolute atomic E-state index is 12.0. The molecule has 7 nitrogen and oxygen atoms in total. The van der Waals surface area contributed by atoms with Gasteiger partial charge in [0.25, 0.3) is 5.91 Å². The van der Waals surface area contributed by atoms with Gasteiger partial charge in [0.2, 0.25) is 0 Å². The first-order valence-corrected chi connectivity index (χ1v) is 12.0. The van der Waals surface area contributed by atoms with Crippen LogP contribution in [0.15, 0.2) is 48.5 Å². The summed E-state index contributed by atoms with van der Waals surface area (Å²) >= 11 is 0. The van der Waals surface area contributed by atoms with Crippen molar-refractivity contribution in [1.82, 2.24) is 10.2 Å². The molecule has 0 aromatic heterocycles. The van der Waals surface area contributed by atoms with E-state index in [1.54, 1.807) is 24.3 Å². The topological polar surface area (TPSA) is 95.9 Å². The van der Waals surface area contributed by atoms with Crippen molar-refractivity contribution in [2.24, 2.45) is 0 Å². The summed E-state index contributed by atoms with van der Waals surface area (Å²) in [5.41, 5.74) is 3.25. The lowest BCUT2D eigenvalue weighted by molar-refractivity contribution is -0.123. The number of amides is 1. The summed E-state index contributed by atoms with van der Waals surface area (Å²) in [6.45, 7) is 2.12. The minimum Gasteiger partial charge on any atom is -0.484 e. The average Bonchev–Trinajstić information content (AvgIpc) is 2.69. The molecule has 1 heterocycles. The maximum Gasteiger partial charge on any atom is 0.258 e. The maximum atomic E-state index is 12.0. The fourth-order valence-electron chi connectivity index (χ4n) is 3.53. The number of β-amino-alcohol motifs (C(OH)–C–C–N with tert-alkyl or cyclic N) is 1. The summed E-state index contributed by atoms with van der Waals surface area (Å²) in [4.78, 5) is 14.2. The lowest BCUT2D eigenvalue weighted by Gasteiger charge is -2.30. The van der Waals surface area contributed by atoms with Crippen LogP contribution in [-0.4, -0.2) is 62.9 Å². The number of aliphatic hydroxyl groups is 1. The summed E-state index contributed by atoms with van der Waals surface area (Å²) in [6, 6.07) is 15.0. The third-order valence-corrected chi connectivity index (χ3v) is 5.77. The van der Waals surface area contributed by atoms with E-state index in [-0.39, 0.29) is 24.8 Å². The Balaban J connectivity index is 1.39. The van der Waals surface area contributed by atoms with Gasteiger partial charge in [0, 0.05) is 32.4 Å². The number of rotatable bonds is 9. The van der Waals surface area contributed by atoms with Gasteiger partial charge in [-0.1, -0.05) is 36.4 Å². The number of hydrogen-bond donors (Lipinski definition) is 2. The molecule has 3 rings (SSSR count). The molecule has 162 valence electrons. The number of carbonyl (C=O) groups excluding carboxylic acids is 1. The molecule has 1 unspecified atom stereocenters. The molecule has 8 heteroatoms. The Hall–Kier alpha value is -2.42. The van der Waals surface area contributed by atoms with Crippen molar-refractivity contribution >= 4 is 15.7 Å². The van der Waals surface area contributed by atoms with Gasteiger partial charge in [0.05, 0.1) is 11.9 Å². The van der Waals surface area contributed by atoms with E-state index in [1.165, 1.54) is 17.4 Å². The monoisotopic (exact) mass is 432 g/mol. The zero-order valence-corrected chi connectivity index (χ0v) is 17.9. The van der Waals surface area contributed by atoms with Crippen LogP contribution < -0.4 is 10.1 Å². The van der Waals surface area contributed by atoms with Gasteiger partial charge in [0.1, 0.15) is 5.75 Å². The average molecular weight is 433 g/mol. The van der Waals surface area contributed by atoms with Crippen molar-refractivity contribution in [2.45, 2.75) is 24.8 Å². The Bertz CT molecular complexity index is 977. The van der Waals surface area contributed by atoms with E-state index in [0.717, 1.165) is 19.5 Å². The highest BCUT2D eigenvalue weighted by molar-refractivity contribution is 7.89. The first-order chi connectivity index (χ1) is 14.3. The molecule has 0 fully saturated rings. The fourth-order valence-corrected chi connectivity index (χ4v) is 4.32. The molecular weight excluding hydrogens is 404 g/mol. The molecule has 2 aromatic carbocycles. The van der Waals surface area contributed by atoms with Gasteiger partial charge in [-0.25, -0.2) is 8.42 Å². The first-order valence-electron chi connectivity index (χ1n) is 9.92. The van der Waals surface area contributed by atoms with Gasteiger partial charge in [-0.15, -0.1) is 0 Å². The molecule has 0 saturated carbocycles. The number of fused-ring (bicyclic) bond motifs is 1. The third kappa shape index (κ3) is 7.12. The number of aliphatic hydroxyl groups excluding tert-OH is 1. The molecule has 1 atom stereocenters. The summed E-state index contributed by atoms with van der Waals surface area (Å²) in [5, 5.41) is 13.0. The van der Waals surface area contributed by atoms with Crippen LogP contribution in [0.5, 0.6) is 5.75 Å². The van der Waals surface area contributed by atoms with Crippen molar-refractivity contribution < 1.29 is 23.1 Å². The minimum absolute atomic E-state index is 0.0798. The SMILES string of the molecule is CS(=O)(=O)Cc1cccc(OCC(=O)NCC(O)CN2CCc3ccccc3C2)c1. The van der Waals surface area contributed by atoms with Gasteiger partial charge in [0.15, 0.2) is 16.4 Å². The molecule has 0 saturated heterocycles. The molecule has 1 amide bonds. The zero-order valence-electron chi connectivity index (χ0n) is 17.1. The van der Waals surface area contributed by atoms with Crippen LogP contribution in [0.25, 0.3) is 0 Å². The normalized spacial score (nSPS) is 15.3. The van der Waals surface area contributed by atoms with Gasteiger partial charge < -0.3 is 15.2 Å². The smallest absolute Gasteiger partial charge is 0.258 e. The second kappa shape index (κ2) is 10.1. The Morgan fingerprint density at radius 1 is 1.20 bits per heavy atom. The number of nitrogens with one attached hydrogen (secondary N) is 1. The molecule has 2 N–H and O–H groups in total. The van der Waals surface area contributed by atoms with E-state index in [2.05, 4.69) is 22.3 Å². The van der Waals surface area contributed by atoms with Crippen LogP contribution >= 0.6 is 0 Å². The van der Waals surface area contributed by atoms with E-state index in [4.69, 9.17) is 4.74 Å². The molecule has 0 bridgehead atoms. The molecule has 30 heavy (non-hydrogen) atoms. The largest absolute Gasteiger partial charge is 0.484 e. The van der Waals surface area contributed by atoms with Crippen LogP contribution in [0.1, 0.15) is 16.7 Å². The quantitative estimate of drug-likeness (QED) is 0.617. The number of hydrogen-bond acceptors (Lipinski definition) is 6. The second-order valence-corrected chi connectivity index (χ2v) is 9.86. The van der Waals surface area contributed by atoms with E-state index in [9.17, 15) is 18.3 Å². The summed E-state index contributed by atoms with van der Waals surface area (Å²) in [7, 11) is -3.14. The number of sulfone groups is 1. The van der Waals surface area contributed by atoms with Crippen LogP contribution in [-0.2, 0) is 33.4 Å². The van der Waals surface area contributed by atoms with Crippen LogP contribution in [0.3, 0.4) is 0 Å². The molecular formula is C22H28N2O5S. The third-order valence-electron chi connectivity index (χ3n) is 4.91. The van der Waals surface area contributed by atoms with E-state index in [1.807, 2.05) is 12.1 Å². The van der Waals surface area contributed by atoms with Gasteiger partial charge in [-0.2, -0.15) is 0 Å². The Labute approximate surface area is 177 Å². The fraction of sp³-hybridized carbons (Fsp3) is 0.409. The standard InChI is InChI=1S/C22H28N2O5S/c1-30(27,28)16-17-5-4-8-21(11-17)29-15-22(26)23-12-20(25)14-24-10-9-18-6-2-3-7-19(18)13-24/h2-8,11,20,25H,9-10,12-16H2,1H3,(H,23,26).